The summed E-state index contributed by atoms with van der Waals surface area (Å²) in [7, 11) is 1.42. The summed E-state index contributed by atoms with van der Waals surface area (Å²) in [5, 5.41) is 1.13. The Bertz CT molecular complexity index is 1920. The second-order valence-corrected chi connectivity index (χ2v) is 12.2. The molecule has 1 aromatic heterocycles. The molecule has 0 aliphatic heterocycles. The molecule has 1 saturated carbocycles. The Kier molecular flexibility index (Phi) is 8.69. The number of hydrogen-bond donors (Lipinski definition) is 0. The van der Waals surface area contributed by atoms with E-state index >= 15 is 0 Å². The van der Waals surface area contributed by atoms with Crippen LogP contribution in [-0.2, 0) is 22.4 Å². The second kappa shape index (κ2) is 13.5. The Hall–Kier alpha value is -5.09. The number of furan rings is 1. The number of ether oxygens (including phenoxy) is 2. The smallest absolute Gasteiger partial charge is 0.347 e. The minimum atomic E-state index is -0.715. The minimum absolute atomic E-state index is 0.362. The molecule has 1 heterocycles. The van der Waals surface area contributed by atoms with Crippen molar-refractivity contribution in [2.45, 2.75) is 50.5 Å². The first-order valence-electron chi connectivity index (χ1n) is 16.2. The highest BCUT2D eigenvalue weighted by Crippen LogP contribution is 2.42. The molecular formula is C42H38O4. The standard InChI is InChI=1S/C42H38O4/c1-44-42(43)40(27-30-14-6-3-7-15-30)46-38-25-24-34(28-36(38)32-16-8-9-17-32)31-20-22-33(23-21-31)41-35-18-10-11-19-37(35)45-39(41)26-29-12-4-2-5-13-29/h2-7,10-15,18-25,28,32,40H,8-9,16-17,26-27H2,1H3/t40-/m0/s1. The lowest BCUT2D eigenvalue weighted by Gasteiger charge is -2.22. The van der Waals surface area contributed by atoms with E-state index in [0.717, 1.165) is 69.6 Å². The summed E-state index contributed by atoms with van der Waals surface area (Å²) >= 11 is 0. The van der Waals surface area contributed by atoms with Crippen molar-refractivity contribution >= 4 is 16.9 Å². The Morgan fingerprint density at radius 1 is 0.739 bits per heavy atom. The summed E-state index contributed by atoms with van der Waals surface area (Å²) in [6.07, 6.45) is 5.13. The highest BCUT2D eigenvalue weighted by molar-refractivity contribution is 5.96. The molecular weight excluding hydrogens is 568 g/mol. The summed E-state index contributed by atoms with van der Waals surface area (Å²) in [5.74, 6) is 1.79. The van der Waals surface area contributed by atoms with Gasteiger partial charge in [-0.1, -0.05) is 122 Å². The first-order valence-corrected chi connectivity index (χ1v) is 16.2. The Morgan fingerprint density at radius 2 is 1.37 bits per heavy atom. The average molecular weight is 607 g/mol. The molecule has 230 valence electrons. The van der Waals surface area contributed by atoms with E-state index in [4.69, 9.17) is 13.9 Å². The van der Waals surface area contributed by atoms with Gasteiger partial charge in [-0.2, -0.15) is 0 Å². The van der Waals surface area contributed by atoms with Gasteiger partial charge in [0.05, 0.1) is 7.11 Å². The van der Waals surface area contributed by atoms with Gasteiger partial charge in [0, 0.05) is 23.8 Å². The SMILES string of the molecule is COC(=O)[C@H](Cc1ccccc1)Oc1ccc(-c2ccc(-c3c(Cc4ccccc4)oc4ccccc34)cc2)cc1C1CCCC1. The molecule has 0 saturated heterocycles. The molecule has 7 rings (SSSR count). The Morgan fingerprint density at radius 3 is 2.09 bits per heavy atom. The van der Waals surface area contributed by atoms with E-state index in [0.29, 0.717) is 12.3 Å². The average Bonchev–Trinajstić information content (AvgIpc) is 3.77. The molecule has 0 amide bonds. The number of carbonyl (C=O) groups excluding carboxylic acids is 1. The van der Waals surface area contributed by atoms with Gasteiger partial charge in [-0.05, 0) is 70.3 Å². The molecule has 0 radical (unpaired) electrons. The molecule has 6 aromatic rings. The van der Waals surface area contributed by atoms with Gasteiger partial charge >= 0.3 is 5.97 Å². The third-order valence-corrected chi connectivity index (χ3v) is 9.18. The van der Waals surface area contributed by atoms with Crippen LogP contribution in [0.2, 0.25) is 0 Å². The van der Waals surface area contributed by atoms with Gasteiger partial charge in [0.2, 0.25) is 0 Å². The first kappa shape index (κ1) is 29.6. The molecule has 0 bridgehead atoms. The third kappa shape index (κ3) is 6.34. The van der Waals surface area contributed by atoms with Crippen LogP contribution in [0.5, 0.6) is 5.75 Å². The molecule has 46 heavy (non-hydrogen) atoms. The van der Waals surface area contributed by atoms with Crippen LogP contribution in [0.4, 0.5) is 0 Å². The van der Waals surface area contributed by atoms with Crippen LogP contribution in [0.3, 0.4) is 0 Å². The van der Waals surface area contributed by atoms with Crippen LogP contribution in [0.25, 0.3) is 33.2 Å². The highest BCUT2D eigenvalue weighted by Gasteiger charge is 2.27. The largest absolute Gasteiger partial charge is 0.478 e. The zero-order valence-electron chi connectivity index (χ0n) is 26.2. The number of esters is 1. The van der Waals surface area contributed by atoms with Crippen molar-refractivity contribution in [2.24, 2.45) is 0 Å². The molecule has 1 atom stereocenters. The quantitative estimate of drug-likeness (QED) is 0.146. The van der Waals surface area contributed by atoms with Gasteiger partial charge in [-0.3, -0.25) is 0 Å². The summed E-state index contributed by atoms with van der Waals surface area (Å²) in [4.78, 5) is 12.8. The van der Waals surface area contributed by atoms with Crippen molar-refractivity contribution in [3.8, 4) is 28.0 Å². The fourth-order valence-electron chi connectivity index (χ4n) is 6.82. The zero-order valence-corrected chi connectivity index (χ0v) is 26.2. The predicted octanol–water partition coefficient (Wildman–Crippen LogP) is 10.2. The number of benzene rings is 5. The van der Waals surface area contributed by atoms with Crippen LogP contribution in [0, 0.1) is 0 Å². The number of para-hydroxylation sites is 1. The normalized spacial score (nSPS) is 13.9. The molecule has 1 fully saturated rings. The van der Waals surface area contributed by atoms with Crippen LogP contribution in [-0.4, -0.2) is 19.2 Å². The van der Waals surface area contributed by atoms with Crippen LogP contribution in [0.15, 0.2) is 132 Å². The first-order chi connectivity index (χ1) is 22.7. The molecule has 5 aromatic carbocycles. The molecule has 4 heteroatoms. The van der Waals surface area contributed by atoms with Crippen LogP contribution in [0.1, 0.15) is 54.1 Å². The number of hydrogen-bond acceptors (Lipinski definition) is 4. The Labute approximate surface area is 270 Å². The van der Waals surface area contributed by atoms with E-state index < -0.39 is 6.10 Å². The molecule has 1 aliphatic rings. The molecule has 0 N–H and O–H groups in total. The van der Waals surface area contributed by atoms with E-state index in [-0.39, 0.29) is 5.97 Å². The van der Waals surface area contributed by atoms with Gasteiger partial charge in [0.15, 0.2) is 6.10 Å². The Balaban J connectivity index is 1.20. The fraction of sp³-hybridized carbons (Fsp3) is 0.214. The van der Waals surface area contributed by atoms with Gasteiger partial charge in [0.25, 0.3) is 0 Å². The van der Waals surface area contributed by atoms with Crippen molar-refractivity contribution < 1.29 is 18.7 Å². The number of carbonyl (C=O) groups is 1. The van der Waals surface area contributed by atoms with E-state index in [9.17, 15) is 4.79 Å². The van der Waals surface area contributed by atoms with Crippen molar-refractivity contribution in [2.75, 3.05) is 7.11 Å². The van der Waals surface area contributed by atoms with E-state index in [1.165, 1.54) is 31.1 Å². The number of methoxy groups -OCH3 is 1. The van der Waals surface area contributed by atoms with Crippen molar-refractivity contribution in [1.82, 2.24) is 0 Å². The third-order valence-electron chi connectivity index (χ3n) is 9.18. The van der Waals surface area contributed by atoms with Gasteiger partial charge in [-0.25, -0.2) is 4.79 Å². The topological polar surface area (TPSA) is 48.7 Å². The number of rotatable bonds is 10. The number of fused-ring (bicyclic) bond motifs is 1. The lowest BCUT2D eigenvalue weighted by atomic mass is 9.92. The van der Waals surface area contributed by atoms with Crippen molar-refractivity contribution in [1.29, 1.82) is 0 Å². The summed E-state index contributed by atoms with van der Waals surface area (Å²) in [6, 6.07) is 43.9. The summed E-state index contributed by atoms with van der Waals surface area (Å²) in [6.45, 7) is 0. The second-order valence-electron chi connectivity index (χ2n) is 12.2. The van der Waals surface area contributed by atoms with Gasteiger partial charge < -0.3 is 13.9 Å². The summed E-state index contributed by atoms with van der Waals surface area (Å²) in [5.41, 5.74) is 8.90. The molecule has 4 nitrogen and oxygen atoms in total. The van der Waals surface area contributed by atoms with E-state index in [1.54, 1.807) is 0 Å². The maximum atomic E-state index is 12.8. The van der Waals surface area contributed by atoms with Gasteiger partial charge in [-0.15, -0.1) is 0 Å². The maximum absolute atomic E-state index is 12.8. The highest BCUT2D eigenvalue weighted by atomic mass is 16.6. The van der Waals surface area contributed by atoms with Crippen LogP contribution >= 0.6 is 0 Å². The molecule has 1 aliphatic carbocycles. The van der Waals surface area contributed by atoms with Crippen molar-refractivity contribution in [3.63, 3.8) is 0 Å². The molecule has 0 spiro atoms. The monoisotopic (exact) mass is 606 g/mol. The molecule has 0 unspecified atom stereocenters. The zero-order chi connectivity index (χ0) is 31.3. The predicted molar refractivity (Wildman–Crippen MR) is 184 cm³/mol. The van der Waals surface area contributed by atoms with E-state index in [2.05, 4.69) is 72.8 Å². The lowest BCUT2D eigenvalue weighted by molar-refractivity contribution is -0.148. The van der Waals surface area contributed by atoms with Crippen molar-refractivity contribution in [3.05, 3.63) is 150 Å². The van der Waals surface area contributed by atoms with E-state index in [1.807, 2.05) is 54.6 Å². The summed E-state index contributed by atoms with van der Waals surface area (Å²) < 4.78 is 18.1. The lowest BCUT2D eigenvalue weighted by Crippen LogP contribution is -2.31. The fourth-order valence-corrected chi connectivity index (χ4v) is 6.82. The van der Waals surface area contributed by atoms with Gasteiger partial charge in [0.1, 0.15) is 17.1 Å². The minimum Gasteiger partial charge on any atom is -0.478 e. The van der Waals surface area contributed by atoms with Crippen LogP contribution < -0.4 is 4.74 Å². The maximum Gasteiger partial charge on any atom is 0.347 e.